The minimum Gasteiger partial charge on any atom is -0.465 e. The molecule has 1 rings (SSSR count). The van der Waals surface area contributed by atoms with Crippen molar-refractivity contribution >= 4 is 11.9 Å². The van der Waals surface area contributed by atoms with E-state index in [4.69, 9.17) is 4.74 Å². The first-order valence-corrected chi connectivity index (χ1v) is 5.36. The van der Waals surface area contributed by atoms with Gasteiger partial charge in [0.2, 0.25) is 0 Å². The van der Waals surface area contributed by atoms with Crippen LogP contribution in [0.5, 0.6) is 0 Å². The molecule has 18 heavy (non-hydrogen) atoms. The summed E-state index contributed by atoms with van der Waals surface area (Å²) < 4.78 is 9.30. The highest BCUT2D eigenvalue weighted by Gasteiger charge is 2.05. The van der Waals surface area contributed by atoms with Crippen molar-refractivity contribution in [1.82, 2.24) is 4.98 Å². The van der Waals surface area contributed by atoms with Gasteiger partial charge in [0, 0.05) is 6.20 Å². The molecule has 0 saturated carbocycles. The van der Waals surface area contributed by atoms with Crippen LogP contribution >= 0.6 is 0 Å². The SMILES string of the molecule is CCOC(=O)CC#Cc1cc(C(=O)OC)ccn1. The van der Waals surface area contributed by atoms with Crippen molar-refractivity contribution in [2.45, 2.75) is 13.3 Å². The molecule has 0 spiro atoms. The van der Waals surface area contributed by atoms with Gasteiger partial charge in [-0.25, -0.2) is 9.78 Å². The summed E-state index contributed by atoms with van der Waals surface area (Å²) in [4.78, 5) is 26.3. The standard InChI is InChI=1S/C13H13NO4/c1-3-18-12(15)6-4-5-11-9-10(7-8-14-11)13(16)17-2/h7-9H,3,6H2,1-2H3. The molecule has 0 aliphatic heterocycles. The van der Waals surface area contributed by atoms with E-state index in [1.807, 2.05) is 0 Å². The molecule has 1 heterocycles. The Morgan fingerprint density at radius 3 is 2.89 bits per heavy atom. The van der Waals surface area contributed by atoms with Crippen molar-refractivity contribution in [2.75, 3.05) is 13.7 Å². The number of ether oxygens (including phenoxy) is 2. The molecule has 0 unspecified atom stereocenters. The van der Waals surface area contributed by atoms with Crippen molar-refractivity contribution in [3.05, 3.63) is 29.6 Å². The molecule has 0 atom stereocenters. The highest BCUT2D eigenvalue weighted by atomic mass is 16.5. The molecular formula is C13H13NO4. The quantitative estimate of drug-likeness (QED) is 0.592. The van der Waals surface area contributed by atoms with E-state index in [9.17, 15) is 9.59 Å². The van der Waals surface area contributed by atoms with Crippen LogP contribution in [0.25, 0.3) is 0 Å². The molecule has 0 fully saturated rings. The molecule has 0 aliphatic rings. The Hall–Kier alpha value is -2.35. The van der Waals surface area contributed by atoms with Crippen LogP contribution in [0.1, 0.15) is 29.4 Å². The number of esters is 2. The van der Waals surface area contributed by atoms with E-state index in [0.29, 0.717) is 17.9 Å². The summed E-state index contributed by atoms with van der Waals surface area (Å²) in [5, 5.41) is 0. The van der Waals surface area contributed by atoms with Crippen LogP contribution in [0.3, 0.4) is 0 Å². The number of rotatable bonds is 3. The van der Waals surface area contributed by atoms with Gasteiger partial charge in [-0.2, -0.15) is 0 Å². The molecular weight excluding hydrogens is 234 g/mol. The molecule has 0 aliphatic carbocycles. The van der Waals surface area contributed by atoms with E-state index in [2.05, 4.69) is 21.6 Å². The molecule has 1 aromatic heterocycles. The molecule has 5 nitrogen and oxygen atoms in total. The highest BCUT2D eigenvalue weighted by molar-refractivity contribution is 5.89. The number of carbonyl (C=O) groups is 2. The van der Waals surface area contributed by atoms with Crippen molar-refractivity contribution in [3.8, 4) is 11.8 Å². The van der Waals surface area contributed by atoms with Gasteiger partial charge in [-0.05, 0) is 25.0 Å². The van der Waals surface area contributed by atoms with Gasteiger partial charge in [-0.15, -0.1) is 0 Å². The van der Waals surface area contributed by atoms with Gasteiger partial charge in [0.05, 0.1) is 19.3 Å². The Bertz CT molecular complexity index is 499. The van der Waals surface area contributed by atoms with E-state index in [0.717, 1.165) is 0 Å². The first-order chi connectivity index (χ1) is 8.67. The third kappa shape index (κ3) is 4.26. The summed E-state index contributed by atoms with van der Waals surface area (Å²) in [7, 11) is 1.30. The average Bonchev–Trinajstić information content (AvgIpc) is 2.38. The van der Waals surface area contributed by atoms with Crippen LogP contribution in [0.2, 0.25) is 0 Å². The number of carbonyl (C=O) groups excluding carboxylic acids is 2. The summed E-state index contributed by atoms with van der Waals surface area (Å²) in [5.41, 5.74) is 0.773. The van der Waals surface area contributed by atoms with E-state index in [1.165, 1.54) is 25.4 Å². The maximum Gasteiger partial charge on any atom is 0.338 e. The normalized spacial score (nSPS) is 9.00. The molecule has 0 bridgehead atoms. The van der Waals surface area contributed by atoms with Crippen molar-refractivity contribution in [3.63, 3.8) is 0 Å². The number of hydrogen-bond donors (Lipinski definition) is 0. The second-order valence-electron chi connectivity index (χ2n) is 3.20. The van der Waals surface area contributed by atoms with Crippen LogP contribution in [-0.4, -0.2) is 30.6 Å². The summed E-state index contributed by atoms with van der Waals surface area (Å²) in [6, 6.07) is 3.03. The minimum absolute atomic E-state index is 0.00201. The lowest BCUT2D eigenvalue weighted by Crippen LogP contribution is -2.02. The van der Waals surface area contributed by atoms with Gasteiger partial charge in [0.1, 0.15) is 12.1 Å². The van der Waals surface area contributed by atoms with E-state index < -0.39 is 5.97 Å². The van der Waals surface area contributed by atoms with Crippen molar-refractivity contribution < 1.29 is 19.1 Å². The summed E-state index contributed by atoms with van der Waals surface area (Å²) in [6.07, 6.45) is 1.46. The fourth-order valence-corrected chi connectivity index (χ4v) is 1.16. The van der Waals surface area contributed by atoms with Crippen molar-refractivity contribution in [2.24, 2.45) is 0 Å². The number of nitrogens with zero attached hydrogens (tertiary/aromatic N) is 1. The van der Waals surface area contributed by atoms with Crippen LogP contribution in [0.15, 0.2) is 18.3 Å². The first kappa shape index (κ1) is 13.7. The monoisotopic (exact) mass is 247 g/mol. The Labute approximate surface area is 105 Å². The molecule has 0 aromatic carbocycles. The van der Waals surface area contributed by atoms with E-state index >= 15 is 0 Å². The Kier molecular flexibility index (Phi) is 5.39. The zero-order valence-corrected chi connectivity index (χ0v) is 10.2. The lowest BCUT2D eigenvalue weighted by molar-refractivity contribution is -0.141. The van der Waals surface area contributed by atoms with E-state index in [1.54, 1.807) is 6.92 Å². The number of methoxy groups -OCH3 is 1. The zero-order valence-electron chi connectivity index (χ0n) is 10.2. The van der Waals surface area contributed by atoms with Gasteiger partial charge in [-0.3, -0.25) is 4.79 Å². The number of hydrogen-bond acceptors (Lipinski definition) is 5. The van der Waals surface area contributed by atoms with E-state index in [-0.39, 0.29) is 12.4 Å². The van der Waals surface area contributed by atoms with Crippen LogP contribution in [0.4, 0.5) is 0 Å². The molecule has 0 N–H and O–H groups in total. The third-order valence-corrected chi connectivity index (χ3v) is 1.94. The molecule has 0 radical (unpaired) electrons. The van der Waals surface area contributed by atoms with Crippen LogP contribution in [-0.2, 0) is 14.3 Å². The van der Waals surface area contributed by atoms with Crippen LogP contribution < -0.4 is 0 Å². The molecule has 0 amide bonds. The maximum absolute atomic E-state index is 11.3. The average molecular weight is 247 g/mol. The predicted octanol–water partition coefficient (Wildman–Crippen LogP) is 1.17. The van der Waals surface area contributed by atoms with Gasteiger partial charge in [0.15, 0.2) is 0 Å². The van der Waals surface area contributed by atoms with Gasteiger partial charge >= 0.3 is 11.9 Å². The largest absolute Gasteiger partial charge is 0.465 e. The molecule has 0 saturated heterocycles. The first-order valence-electron chi connectivity index (χ1n) is 5.36. The zero-order chi connectivity index (χ0) is 13.4. The maximum atomic E-state index is 11.3. The van der Waals surface area contributed by atoms with Crippen molar-refractivity contribution in [1.29, 1.82) is 0 Å². The number of pyridine rings is 1. The lowest BCUT2D eigenvalue weighted by atomic mass is 10.2. The fourth-order valence-electron chi connectivity index (χ4n) is 1.16. The molecule has 5 heteroatoms. The second kappa shape index (κ2) is 7.07. The lowest BCUT2D eigenvalue weighted by Gasteiger charge is -1.98. The second-order valence-corrected chi connectivity index (χ2v) is 3.20. The van der Waals surface area contributed by atoms with Gasteiger partial charge in [0.25, 0.3) is 0 Å². The molecule has 94 valence electrons. The third-order valence-electron chi connectivity index (χ3n) is 1.94. The minimum atomic E-state index is -0.453. The summed E-state index contributed by atoms with van der Waals surface area (Å²) in [6.45, 7) is 2.06. The van der Waals surface area contributed by atoms with Gasteiger partial charge < -0.3 is 9.47 Å². The Morgan fingerprint density at radius 2 is 2.22 bits per heavy atom. The summed E-state index contributed by atoms with van der Waals surface area (Å²) >= 11 is 0. The Balaban J connectivity index is 2.71. The predicted molar refractivity (Wildman–Crippen MR) is 63.7 cm³/mol. The number of aromatic nitrogens is 1. The smallest absolute Gasteiger partial charge is 0.338 e. The van der Waals surface area contributed by atoms with Crippen LogP contribution in [0, 0.1) is 11.8 Å². The Morgan fingerprint density at radius 1 is 1.44 bits per heavy atom. The fraction of sp³-hybridized carbons (Fsp3) is 0.308. The summed E-state index contributed by atoms with van der Waals surface area (Å²) in [5.74, 6) is 4.48. The molecule has 1 aromatic rings. The highest BCUT2D eigenvalue weighted by Crippen LogP contribution is 2.02. The van der Waals surface area contributed by atoms with Gasteiger partial charge in [-0.1, -0.05) is 5.92 Å². The topological polar surface area (TPSA) is 65.5 Å².